The number of benzene rings is 1. The van der Waals surface area contributed by atoms with Gasteiger partial charge in [0.2, 0.25) is 5.88 Å². The SMILES string of the molecule is CC(Oc1ccccc1)C(=O)NC1CCC(Oc2ccc(C(F)(F)F)cn2)CC1. The second-order valence-corrected chi connectivity index (χ2v) is 7.06. The van der Waals surface area contributed by atoms with Crippen LogP contribution in [0.5, 0.6) is 11.6 Å². The number of hydrogen-bond donors (Lipinski definition) is 1. The molecule has 1 aromatic heterocycles. The Labute approximate surface area is 167 Å². The van der Waals surface area contributed by atoms with E-state index in [9.17, 15) is 18.0 Å². The maximum atomic E-state index is 12.6. The van der Waals surface area contributed by atoms with Crippen LogP contribution in [-0.2, 0) is 11.0 Å². The average molecular weight is 408 g/mol. The van der Waals surface area contributed by atoms with E-state index in [0.717, 1.165) is 25.1 Å². The quantitative estimate of drug-likeness (QED) is 0.771. The summed E-state index contributed by atoms with van der Waals surface area (Å²) in [6.07, 6.45) is -1.58. The zero-order chi connectivity index (χ0) is 20.9. The molecule has 2 aromatic rings. The van der Waals surface area contributed by atoms with E-state index in [-0.39, 0.29) is 23.9 Å². The number of para-hydroxylation sites is 1. The van der Waals surface area contributed by atoms with E-state index >= 15 is 0 Å². The van der Waals surface area contributed by atoms with E-state index in [1.54, 1.807) is 19.1 Å². The monoisotopic (exact) mass is 408 g/mol. The van der Waals surface area contributed by atoms with Crippen LogP contribution in [-0.4, -0.2) is 29.1 Å². The summed E-state index contributed by atoms with van der Waals surface area (Å²) < 4.78 is 49.1. The standard InChI is InChI=1S/C21H23F3N2O3/c1-14(28-17-5-3-2-4-6-17)20(27)26-16-8-10-18(11-9-16)29-19-12-7-15(13-25-19)21(22,23)24/h2-7,12-14,16,18H,8-11H2,1H3,(H,26,27). The topological polar surface area (TPSA) is 60.5 Å². The summed E-state index contributed by atoms with van der Waals surface area (Å²) in [5.41, 5.74) is -0.803. The van der Waals surface area contributed by atoms with Gasteiger partial charge in [0.15, 0.2) is 6.10 Å². The minimum absolute atomic E-state index is 0.0183. The number of carbonyl (C=O) groups excluding carboxylic acids is 1. The van der Waals surface area contributed by atoms with Gasteiger partial charge in [-0.15, -0.1) is 0 Å². The number of nitrogens with one attached hydrogen (secondary N) is 1. The third-order valence-electron chi connectivity index (χ3n) is 4.80. The smallest absolute Gasteiger partial charge is 0.417 e. The molecule has 0 aliphatic heterocycles. The molecular formula is C21H23F3N2O3. The molecule has 156 valence electrons. The summed E-state index contributed by atoms with van der Waals surface area (Å²) in [6.45, 7) is 1.70. The molecule has 0 bridgehead atoms. The Morgan fingerprint density at radius 1 is 1.10 bits per heavy atom. The molecule has 1 aromatic carbocycles. The van der Waals surface area contributed by atoms with Gasteiger partial charge < -0.3 is 14.8 Å². The molecule has 1 N–H and O–H groups in total. The number of carbonyl (C=O) groups is 1. The first-order valence-electron chi connectivity index (χ1n) is 9.53. The van der Waals surface area contributed by atoms with Crippen LogP contribution in [0.3, 0.4) is 0 Å². The lowest BCUT2D eigenvalue weighted by atomic mass is 9.93. The van der Waals surface area contributed by atoms with Crippen molar-refractivity contribution in [2.24, 2.45) is 0 Å². The summed E-state index contributed by atoms with van der Waals surface area (Å²) in [4.78, 5) is 16.1. The maximum absolute atomic E-state index is 12.6. The lowest BCUT2D eigenvalue weighted by molar-refractivity contribution is -0.137. The Morgan fingerprint density at radius 2 is 1.79 bits per heavy atom. The van der Waals surface area contributed by atoms with Gasteiger partial charge in [-0.05, 0) is 50.8 Å². The Balaban J connectivity index is 1.42. The first-order valence-corrected chi connectivity index (χ1v) is 9.53. The van der Waals surface area contributed by atoms with Gasteiger partial charge in [0.25, 0.3) is 5.91 Å². The molecule has 1 saturated carbocycles. The highest BCUT2D eigenvalue weighted by Crippen LogP contribution is 2.30. The van der Waals surface area contributed by atoms with Gasteiger partial charge in [-0.3, -0.25) is 4.79 Å². The van der Waals surface area contributed by atoms with Gasteiger partial charge >= 0.3 is 6.18 Å². The zero-order valence-electron chi connectivity index (χ0n) is 16.0. The second kappa shape index (κ2) is 9.15. The summed E-state index contributed by atoms with van der Waals surface area (Å²) >= 11 is 0. The van der Waals surface area contributed by atoms with E-state index in [1.807, 2.05) is 18.2 Å². The summed E-state index contributed by atoms with van der Waals surface area (Å²) in [7, 11) is 0. The molecule has 1 unspecified atom stereocenters. The number of halogens is 3. The van der Waals surface area contributed by atoms with Crippen molar-refractivity contribution in [1.82, 2.24) is 10.3 Å². The molecule has 0 spiro atoms. The van der Waals surface area contributed by atoms with E-state index < -0.39 is 17.8 Å². The second-order valence-electron chi connectivity index (χ2n) is 7.06. The van der Waals surface area contributed by atoms with Crippen molar-refractivity contribution in [3.8, 4) is 11.6 Å². The van der Waals surface area contributed by atoms with Crippen LogP contribution in [0.1, 0.15) is 38.2 Å². The summed E-state index contributed by atoms with van der Waals surface area (Å²) in [5.74, 6) is 0.634. The fraction of sp³-hybridized carbons (Fsp3) is 0.429. The number of nitrogens with zero attached hydrogens (tertiary/aromatic N) is 1. The first-order chi connectivity index (χ1) is 13.8. The molecule has 5 nitrogen and oxygen atoms in total. The molecule has 1 aliphatic rings. The van der Waals surface area contributed by atoms with Crippen LogP contribution < -0.4 is 14.8 Å². The van der Waals surface area contributed by atoms with Crippen molar-refractivity contribution >= 4 is 5.91 Å². The van der Waals surface area contributed by atoms with Crippen molar-refractivity contribution < 1.29 is 27.4 Å². The third-order valence-corrected chi connectivity index (χ3v) is 4.80. The fourth-order valence-electron chi connectivity index (χ4n) is 3.19. The number of rotatable bonds is 6. The molecule has 1 amide bonds. The van der Waals surface area contributed by atoms with Crippen LogP contribution in [0, 0.1) is 0 Å². The van der Waals surface area contributed by atoms with Gasteiger partial charge in [-0.1, -0.05) is 18.2 Å². The molecule has 3 rings (SSSR count). The van der Waals surface area contributed by atoms with E-state index in [0.29, 0.717) is 18.6 Å². The molecule has 0 radical (unpaired) electrons. The number of ether oxygens (including phenoxy) is 2. The predicted octanol–water partition coefficient (Wildman–Crippen LogP) is 4.37. The molecule has 29 heavy (non-hydrogen) atoms. The van der Waals surface area contributed by atoms with Gasteiger partial charge in [-0.2, -0.15) is 13.2 Å². The highest BCUT2D eigenvalue weighted by atomic mass is 19.4. The maximum Gasteiger partial charge on any atom is 0.417 e. The van der Waals surface area contributed by atoms with Crippen LogP contribution in [0.25, 0.3) is 0 Å². The third kappa shape index (κ3) is 6.10. The Morgan fingerprint density at radius 3 is 2.38 bits per heavy atom. The fourth-order valence-corrected chi connectivity index (χ4v) is 3.19. The van der Waals surface area contributed by atoms with E-state index in [1.165, 1.54) is 6.07 Å². The van der Waals surface area contributed by atoms with Crippen molar-refractivity contribution in [3.63, 3.8) is 0 Å². The molecule has 1 heterocycles. The van der Waals surface area contributed by atoms with E-state index in [2.05, 4.69) is 10.3 Å². The van der Waals surface area contributed by atoms with E-state index in [4.69, 9.17) is 9.47 Å². The number of alkyl halides is 3. The zero-order valence-corrected chi connectivity index (χ0v) is 16.0. The lowest BCUT2D eigenvalue weighted by Gasteiger charge is -2.30. The minimum atomic E-state index is -4.41. The number of pyridine rings is 1. The van der Waals surface area contributed by atoms with Crippen molar-refractivity contribution in [1.29, 1.82) is 0 Å². The molecule has 1 atom stereocenters. The molecule has 1 fully saturated rings. The van der Waals surface area contributed by atoms with Crippen molar-refractivity contribution in [2.75, 3.05) is 0 Å². The Kier molecular flexibility index (Phi) is 6.61. The van der Waals surface area contributed by atoms with Gasteiger partial charge in [0.1, 0.15) is 11.9 Å². The van der Waals surface area contributed by atoms with Gasteiger partial charge in [-0.25, -0.2) is 4.98 Å². The van der Waals surface area contributed by atoms with Crippen LogP contribution >= 0.6 is 0 Å². The van der Waals surface area contributed by atoms with Crippen molar-refractivity contribution in [3.05, 3.63) is 54.2 Å². The first kappa shape index (κ1) is 21.0. The normalized spacial score (nSPS) is 20.6. The number of amides is 1. The Bertz CT molecular complexity index is 789. The largest absolute Gasteiger partial charge is 0.481 e. The molecule has 1 aliphatic carbocycles. The minimum Gasteiger partial charge on any atom is -0.481 e. The highest BCUT2D eigenvalue weighted by molar-refractivity contribution is 5.81. The van der Waals surface area contributed by atoms with Crippen LogP contribution in [0.2, 0.25) is 0 Å². The van der Waals surface area contributed by atoms with Crippen molar-refractivity contribution in [2.45, 2.75) is 57.0 Å². The summed E-state index contributed by atoms with van der Waals surface area (Å²) in [6, 6.07) is 11.4. The summed E-state index contributed by atoms with van der Waals surface area (Å²) in [5, 5.41) is 2.99. The average Bonchev–Trinajstić information content (AvgIpc) is 2.70. The number of hydrogen-bond acceptors (Lipinski definition) is 4. The Hall–Kier alpha value is -2.77. The van der Waals surface area contributed by atoms with Gasteiger partial charge in [0, 0.05) is 18.3 Å². The molecule has 8 heteroatoms. The highest BCUT2D eigenvalue weighted by Gasteiger charge is 2.31. The molecular weight excluding hydrogens is 385 g/mol. The van der Waals surface area contributed by atoms with Gasteiger partial charge in [0.05, 0.1) is 5.56 Å². The predicted molar refractivity (Wildman–Crippen MR) is 101 cm³/mol. The lowest BCUT2D eigenvalue weighted by Crippen LogP contribution is -2.45. The van der Waals surface area contributed by atoms with Crippen LogP contribution in [0.4, 0.5) is 13.2 Å². The number of aromatic nitrogens is 1. The van der Waals surface area contributed by atoms with Crippen LogP contribution in [0.15, 0.2) is 48.7 Å². The molecule has 0 saturated heterocycles.